The van der Waals surface area contributed by atoms with Gasteiger partial charge in [-0.25, -0.2) is 0 Å². The average Bonchev–Trinajstić information content (AvgIpc) is 3.57. The number of fused-ring (bicyclic) bond motifs is 12. The maximum absolute atomic E-state index is 13.4. The van der Waals surface area contributed by atoms with Crippen molar-refractivity contribution in [2.75, 3.05) is 38.7 Å². The van der Waals surface area contributed by atoms with Gasteiger partial charge in [-0.2, -0.15) is 0 Å². The minimum absolute atomic E-state index is 0.000431. The van der Waals surface area contributed by atoms with Gasteiger partial charge in [0.15, 0.2) is 16.9 Å². The molecular weight excluding hydrogens is 703 g/mol. The summed E-state index contributed by atoms with van der Waals surface area (Å²) >= 11 is 0. The maximum atomic E-state index is 13.4. The lowest BCUT2D eigenvalue weighted by Gasteiger charge is -2.72. The molecule has 2 saturated heterocycles. The van der Waals surface area contributed by atoms with Crippen LogP contribution in [-0.4, -0.2) is 121 Å². The highest BCUT2D eigenvalue weighted by Crippen LogP contribution is 2.68. The lowest BCUT2D eigenvalue weighted by Crippen LogP contribution is -2.91. The zero-order valence-corrected chi connectivity index (χ0v) is 30.1. The summed E-state index contributed by atoms with van der Waals surface area (Å²) in [4.78, 5) is 12.7. The molecule has 51 heavy (non-hydrogen) atoms. The molecule has 6 aliphatic rings. The Morgan fingerprint density at radius 3 is 2.78 bits per heavy atom. The number of aliphatic hydroxyl groups excluding tert-OH is 4. The van der Waals surface area contributed by atoms with E-state index >= 15 is 0 Å². The van der Waals surface area contributed by atoms with Crippen molar-refractivity contribution in [3.8, 4) is 11.5 Å². The third kappa shape index (κ3) is 5.24. The Kier molecular flexibility index (Phi) is 9.42. The maximum Gasteiger partial charge on any atom is 0.306 e. The minimum Gasteiger partial charge on any atom is -0.482 e. The van der Waals surface area contributed by atoms with Crippen molar-refractivity contribution in [1.29, 1.82) is 0 Å². The summed E-state index contributed by atoms with van der Waals surface area (Å²) in [6.45, 7) is 1.91. The number of benzene rings is 1. The van der Waals surface area contributed by atoms with Crippen LogP contribution >= 0.6 is 21.6 Å². The van der Waals surface area contributed by atoms with Crippen molar-refractivity contribution in [2.24, 2.45) is 17.8 Å². The van der Waals surface area contributed by atoms with E-state index < -0.39 is 77.0 Å². The molecule has 1 spiro atoms. The Hall–Kier alpha value is -2.05. The smallest absolute Gasteiger partial charge is 0.306 e. The first kappa shape index (κ1) is 36.0. The molecule has 11 unspecified atom stereocenters. The van der Waals surface area contributed by atoms with Crippen molar-refractivity contribution >= 4 is 38.5 Å². The van der Waals surface area contributed by atoms with E-state index in [0.29, 0.717) is 61.1 Å². The van der Waals surface area contributed by atoms with Crippen molar-refractivity contribution in [1.82, 2.24) is 5.32 Å². The van der Waals surface area contributed by atoms with E-state index in [0.717, 1.165) is 5.57 Å². The largest absolute Gasteiger partial charge is 0.482 e. The van der Waals surface area contributed by atoms with E-state index in [2.05, 4.69) is 5.32 Å². The normalized spacial score (nSPS) is 41.7. The molecule has 13 nitrogen and oxygen atoms in total. The molecule has 2 aromatic rings. The number of aliphatic hydroxyl groups is 6. The van der Waals surface area contributed by atoms with Crippen molar-refractivity contribution in [3.05, 3.63) is 35.6 Å². The summed E-state index contributed by atoms with van der Waals surface area (Å²) in [7, 11) is 3.02. The molecule has 6 bridgehead atoms. The molecule has 2 aliphatic carbocycles. The topological polar surface area (TPSA) is 201 Å². The van der Waals surface area contributed by atoms with E-state index in [1.165, 1.54) is 17.1 Å². The number of nitrogens with one attached hydrogen (secondary N) is 1. The Morgan fingerprint density at radius 2 is 2.00 bits per heavy atom. The van der Waals surface area contributed by atoms with Gasteiger partial charge in [-0.05, 0) is 75.1 Å². The summed E-state index contributed by atoms with van der Waals surface area (Å²) in [6.07, 6.45) is 1.66. The van der Waals surface area contributed by atoms with Crippen LogP contribution in [-0.2, 0) is 20.7 Å². The number of ether oxygens (including phenoxy) is 4. The van der Waals surface area contributed by atoms with Crippen LogP contribution in [0.1, 0.15) is 51.0 Å². The molecule has 0 amide bonds. The molecule has 1 aromatic carbocycles. The van der Waals surface area contributed by atoms with Crippen LogP contribution in [0.25, 0.3) is 11.0 Å². The molecule has 7 N–H and O–H groups in total. The predicted octanol–water partition coefficient (Wildman–Crippen LogP) is 1.82. The Morgan fingerprint density at radius 1 is 1.16 bits per heavy atom. The van der Waals surface area contributed by atoms with Gasteiger partial charge in [0.25, 0.3) is 5.79 Å². The monoisotopic (exact) mass is 749 g/mol. The summed E-state index contributed by atoms with van der Waals surface area (Å²) in [5.41, 5.74) is -4.80. The van der Waals surface area contributed by atoms with Crippen LogP contribution in [0.3, 0.4) is 0 Å². The second-order valence-corrected chi connectivity index (χ2v) is 17.5. The van der Waals surface area contributed by atoms with E-state index in [9.17, 15) is 35.4 Å². The van der Waals surface area contributed by atoms with Crippen molar-refractivity contribution in [3.63, 3.8) is 0 Å². The fourth-order valence-electron chi connectivity index (χ4n) is 9.95. The highest BCUT2D eigenvalue weighted by atomic mass is 33.1. The Bertz CT molecular complexity index is 1690. The number of hydrogen-bond acceptors (Lipinski definition) is 15. The number of esters is 1. The first-order valence-electron chi connectivity index (χ1n) is 18.0. The zero-order valence-electron chi connectivity index (χ0n) is 28.5. The number of carbonyl (C=O) groups is 1. The van der Waals surface area contributed by atoms with E-state index in [1.807, 2.05) is 6.07 Å². The number of carbonyl (C=O) groups excluding carboxylic acids is 1. The average molecular weight is 750 g/mol. The van der Waals surface area contributed by atoms with Gasteiger partial charge in [0.1, 0.15) is 23.4 Å². The third-order valence-electron chi connectivity index (χ3n) is 12.3. The van der Waals surface area contributed by atoms with Gasteiger partial charge in [-0.1, -0.05) is 27.2 Å². The van der Waals surface area contributed by atoms with Gasteiger partial charge in [0.05, 0.1) is 30.8 Å². The number of rotatable bonds is 6. The molecule has 11 atom stereocenters. The minimum atomic E-state index is -2.45. The van der Waals surface area contributed by atoms with E-state index in [1.54, 1.807) is 29.9 Å². The number of furan rings is 1. The van der Waals surface area contributed by atoms with Crippen molar-refractivity contribution in [2.45, 2.75) is 98.0 Å². The molecule has 4 aliphatic heterocycles. The van der Waals surface area contributed by atoms with E-state index in [-0.39, 0.29) is 43.5 Å². The summed E-state index contributed by atoms with van der Waals surface area (Å²) in [5.74, 6) is -4.02. The van der Waals surface area contributed by atoms with Gasteiger partial charge in [0.2, 0.25) is 5.75 Å². The van der Waals surface area contributed by atoms with Crippen LogP contribution in [0.5, 0.6) is 11.5 Å². The quantitative estimate of drug-likeness (QED) is 0.128. The lowest BCUT2D eigenvalue weighted by atomic mass is 9.46. The lowest BCUT2D eigenvalue weighted by molar-refractivity contribution is -0.454. The van der Waals surface area contributed by atoms with Crippen LogP contribution in [0, 0.1) is 17.8 Å². The molecule has 280 valence electrons. The highest BCUT2D eigenvalue weighted by molar-refractivity contribution is 8.77. The molecule has 5 heterocycles. The fourth-order valence-corrected chi connectivity index (χ4v) is 13.0. The SMILES string of the molecule is CCOC(=O)CCc1cc2ccoc2c2c1OC13C=C4CCC(CNCCSSC4C(CO)(O1)C1(O)CC4CCC(O)C(CO)C4C3(O)C1O)O2. The highest BCUT2D eigenvalue weighted by Gasteiger charge is 2.84. The van der Waals surface area contributed by atoms with Gasteiger partial charge >= 0.3 is 5.97 Å². The third-order valence-corrected chi connectivity index (χ3v) is 15.1. The fraction of sp³-hybridized carbons (Fsp3) is 0.694. The first-order valence-corrected chi connectivity index (χ1v) is 20.4. The molecule has 2 saturated carbocycles. The molecular formula is C36H47NO12S2. The molecule has 0 radical (unpaired) electrons. The summed E-state index contributed by atoms with van der Waals surface area (Å²) in [5, 5.41) is 75.9. The first-order chi connectivity index (χ1) is 24.6. The van der Waals surface area contributed by atoms with Gasteiger partial charge in [0, 0.05) is 49.1 Å². The number of aryl methyl sites for hydroxylation is 1. The molecule has 1 aromatic heterocycles. The molecule has 8 rings (SSSR count). The van der Waals surface area contributed by atoms with Gasteiger partial charge < -0.3 is 59.3 Å². The van der Waals surface area contributed by atoms with Crippen LogP contribution in [0.15, 0.2) is 34.5 Å². The Labute approximate surface area is 303 Å². The summed E-state index contributed by atoms with van der Waals surface area (Å²) < 4.78 is 32.2. The van der Waals surface area contributed by atoms with Gasteiger partial charge in [-0.3, -0.25) is 4.79 Å². The molecule has 4 fully saturated rings. The standard InChI is InChI=1S/C36H47NO12S2/c1-2-45-26(41)8-5-19-13-20-9-11-46-28(20)30-29(19)48-35-15-22-3-6-23(47-30)16-37-10-12-50-51-31(22)34(18-39,49-35)33(43)14-21-4-7-25(40)24(17-38)27(21)36(35,44)32(33)42/h9,11,13,15,21,23-25,27,31-32,37-40,42-44H,2-8,10,12,14,16-18H2,1H3. The Balaban J connectivity index is 1.42. The van der Waals surface area contributed by atoms with Crippen LogP contribution in [0.4, 0.5) is 0 Å². The number of hydrogen-bond donors (Lipinski definition) is 7. The van der Waals surface area contributed by atoms with Crippen LogP contribution < -0.4 is 14.8 Å². The van der Waals surface area contributed by atoms with Crippen LogP contribution in [0.2, 0.25) is 0 Å². The van der Waals surface area contributed by atoms with Gasteiger partial charge in [-0.15, -0.1) is 0 Å². The second kappa shape index (κ2) is 13.4. The van der Waals surface area contributed by atoms with E-state index in [4.69, 9.17) is 23.4 Å². The zero-order chi connectivity index (χ0) is 35.8. The van der Waals surface area contributed by atoms with Crippen molar-refractivity contribution < 1.29 is 58.8 Å². The second-order valence-electron chi connectivity index (χ2n) is 14.9. The molecule has 15 heteroatoms. The summed E-state index contributed by atoms with van der Waals surface area (Å²) in [6, 6.07) is 3.60. The predicted molar refractivity (Wildman–Crippen MR) is 187 cm³/mol.